The highest BCUT2D eigenvalue weighted by atomic mass is 32.2. The Kier molecular flexibility index (Phi) is 3.34. The van der Waals surface area contributed by atoms with Gasteiger partial charge in [-0.05, 0) is 46.7 Å². The molecule has 0 aliphatic heterocycles. The Morgan fingerprint density at radius 2 is 1.91 bits per heavy atom. The molecule has 3 aromatic rings. The molecule has 0 saturated carbocycles. The van der Waals surface area contributed by atoms with Gasteiger partial charge in [-0.15, -0.1) is 5.10 Å². The summed E-state index contributed by atoms with van der Waals surface area (Å²) in [5, 5.41) is 21.4. The van der Waals surface area contributed by atoms with Crippen LogP contribution in [0.25, 0.3) is 5.69 Å². The molecule has 2 aromatic carbocycles. The normalized spacial score (nSPS) is 16.5. The lowest BCUT2D eigenvalue weighted by Gasteiger charge is -2.08. The number of Topliss-reactive ketones (excluding diaryl/α,β-unsaturated/α-hetero) is 1. The number of thioether (sulfide) groups is 1. The van der Waals surface area contributed by atoms with Gasteiger partial charge in [0.1, 0.15) is 5.75 Å². The van der Waals surface area contributed by atoms with Gasteiger partial charge in [-0.3, -0.25) is 4.79 Å². The summed E-state index contributed by atoms with van der Waals surface area (Å²) in [6.07, 6.45) is 0.683. The van der Waals surface area contributed by atoms with Crippen LogP contribution in [0.15, 0.2) is 53.7 Å². The average Bonchev–Trinajstić information content (AvgIpc) is 3.15. The van der Waals surface area contributed by atoms with Crippen molar-refractivity contribution in [3.8, 4) is 11.4 Å². The lowest BCUT2D eigenvalue weighted by atomic mass is 10.1. The van der Waals surface area contributed by atoms with E-state index in [1.807, 2.05) is 24.3 Å². The summed E-state index contributed by atoms with van der Waals surface area (Å²) in [6, 6.07) is 14.3. The zero-order valence-electron chi connectivity index (χ0n) is 12.0. The molecule has 0 amide bonds. The third kappa shape index (κ3) is 2.49. The van der Waals surface area contributed by atoms with Crippen LogP contribution in [-0.2, 0) is 6.42 Å². The number of aromatic hydroxyl groups is 1. The van der Waals surface area contributed by atoms with Crippen molar-refractivity contribution in [3.05, 3.63) is 59.7 Å². The first-order valence-electron chi connectivity index (χ1n) is 7.09. The summed E-state index contributed by atoms with van der Waals surface area (Å²) in [7, 11) is 0. The van der Waals surface area contributed by atoms with Crippen LogP contribution >= 0.6 is 11.8 Å². The maximum absolute atomic E-state index is 12.5. The number of ketones is 1. The SMILES string of the molecule is O=C1c2ccccc2C[C@H]1Sc1nnnn1-c1ccc(O)cc1. The van der Waals surface area contributed by atoms with Crippen LogP contribution in [0.3, 0.4) is 0 Å². The van der Waals surface area contributed by atoms with Gasteiger partial charge in [0.25, 0.3) is 0 Å². The number of tetrazole rings is 1. The minimum atomic E-state index is -0.214. The molecule has 1 atom stereocenters. The molecule has 1 aromatic heterocycles. The molecule has 0 unspecified atom stereocenters. The molecule has 0 bridgehead atoms. The Hall–Kier alpha value is -2.67. The van der Waals surface area contributed by atoms with E-state index in [1.54, 1.807) is 28.9 Å². The Morgan fingerprint density at radius 1 is 1.13 bits per heavy atom. The first kappa shape index (κ1) is 14.0. The first-order chi connectivity index (χ1) is 11.2. The van der Waals surface area contributed by atoms with E-state index in [1.165, 1.54) is 11.8 Å². The molecule has 1 aliphatic rings. The Bertz CT molecular complexity index is 876. The molecular weight excluding hydrogens is 312 g/mol. The second kappa shape index (κ2) is 5.51. The predicted molar refractivity (Wildman–Crippen MR) is 84.9 cm³/mol. The van der Waals surface area contributed by atoms with Gasteiger partial charge in [0.2, 0.25) is 5.16 Å². The molecule has 0 spiro atoms. The largest absolute Gasteiger partial charge is 0.508 e. The molecule has 1 aliphatic carbocycles. The summed E-state index contributed by atoms with van der Waals surface area (Å²) in [4.78, 5) is 12.5. The number of rotatable bonds is 3. The molecule has 1 N–H and O–H groups in total. The lowest BCUT2D eigenvalue weighted by Crippen LogP contribution is -2.13. The molecule has 23 heavy (non-hydrogen) atoms. The van der Waals surface area contributed by atoms with Gasteiger partial charge in [-0.1, -0.05) is 36.0 Å². The molecule has 6 nitrogen and oxygen atoms in total. The number of phenols is 1. The van der Waals surface area contributed by atoms with Crippen molar-refractivity contribution in [2.24, 2.45) is 0 Å². The molecule has 4 rings (SSSR count). The summed E-state index contributed by atoms with van der Waals surface area (Å²) in [5.41, 5.74) is 2.59. The maximum atomic E-state index is 12.5. The van der Waals surface area contributed by atoms with Gasteiger partial charge >= 0.3 is 0 Å². The van der Waals surface area contributed by atoms with Crippen molar-refractivity contribution in [1.29, 1.82) is 0 Å². The van der Waals surface area contributed by atoms with E-state index in [-0.39, 0.29) is 16.8 Å². The molecule has 1 heterocycles. The number of aromatic nitrogens is 4. The molecular formula is C16H12N4O2S. The van der Waals surface area contributed by atoms with E-state index in [9.17, 15) is 9.90 Å². The van der Waals surface area contributed by atoms with E-state index in [0.717, 1.165) is 16.8 Å². The number of carbonyl (C=O) groups excluding carboxylic acids is 1. The number of hydrogen-bond donors (Lipinski definition) is 1. The van der Waals surface area contributed by atoms with Gasteiger partial charge in [-0.25, -0.2) is 0 Å². The molecule has 0 saturated heterocycles. The van der Waals surface area contributed by atoms with Gasteiger partial charge < -0.3 is 5.11 Å². The highest BCUT2D eigenvalue weighted by Crippen LogP contribution is 2.34. The zero-order chi connectivity index (χ0) is 15.8. The quantitative estimate of drug-likeness (QED) is 0.796. The number of benzene rings is 2. The summed E-state index contributed by atoms with van der Waals surface area (Å²) in [6.45, 7) is 0. The van der Waals surface area contributed by atoms with Crippen molar-refractivity contribution in [1.82, 2.24) is 20.2 Å². The summed E-state index contributed by atoms with van der Waals surface area (Å²) in [5.74, 6) is 0.295. The predicted octanol–water partition coefficient (Wildman–Crippen LogP) is 2.27. The summed E-state index contributed by atoms with van der Waals surface area (Å²) < 4.78 is 1.57. The minimum absolute atomic E-state index is 0.117. The molecule has 7 heteroatoms. The van der Waals surface area contributed by atoms with Crippen molar-refractivity contribution in [2.75, 3.05) is 0 Å². The fourth-order valence-electron chi connectivity index (χ4n) is 2.64. The Balaban J connectivity index is 1.61. The van der Waals surface area contributed by atoms with Crippen LogP contribution in [0, 0.1) is 0 Å². The van der Waals surface area contributed by atoms with E-state index >= 15 is 0 Å². The van der Waals surface area contributed by atoms with Crippen molar-refractivity contribution >= 4 is 17.5 Å². The van der Waals surface area contributed by atoms with Crippen molar-refractivity contribution in [3.63, 3.8) is 0 Å². The highest BCUT2D eigenvalue weighted by Gasteiger charge is 2.32. The maximum Gasteiger partial charge on any atom is 0.214 e. The lowest BCUT2D eigenvalue weighted by molar-refractivity contribution is 0.1000. The smallest absolute Gasteiger partial charge is 0.214 e. The van der Waals surface area contributed by atoms with Crippen LogP contribution < -0.4 is 0 Å². The summed E-state index contributed by atoms with van der Waals surface area (Å²) >= 11 is 1.36. The van der Waals surface area contributed by atoms with E-state index < -0.39 is 0 Å². The standard InChI is InChI=1S/C16H12N4O2S/c21-12-7-5-11(6-8-12)20-16(17-18-19-20)23-14-9-10-3-1-2-4-13(10)15(14)22/h1-8,14,21H,9H2/t14-/m1/s1. The third-order valence-electron chi connectivity index (χ3n) is 3.76. The van der Waals surface area contributed by atoms with Crippen LogP contribution in [0.2, 0.25) is 0 Å². The first-order valence-corrected chi connectivity index (χ1v) is 7.97. The van der Waals surface area contributed by atoms with Gasteiger partial charge in [0.05, 0.1) is 10.9 Å². The highest BCUT2D eigenvalue weighted by molar-refractivity contribution is 8.00. The van der Waals surface area contributed by atoms with Gasteiger partial charge in [0.15, 0.2) is 5.78 Å². The number of nitrogens with zero attached hydrogens (tertiary/aromatic N) is 4. The topological polar surface area (TPSA) is 80.9 Å². The average molecular weight is 324 g/mol. The Labute approximate surface area is 136 Å². The van der Waals surface area contributed by atoms with Crippen LogP contribution in [0.4, 0.5) is 0 Å². The number of hydrogen-bond acceptors (Lipinski definition) is 6. The van der Waals surface area contributed by atoms with Crippen molar-refractivity contribution < 1.29 is 9.90 Å². The van der Waals surface area contributed by atoms with E-state index in [4.69, 9.17) is 0 Å². The van der Waals surface area contributed by atoms with Crippen LogP contribution in [0.5, 0.6) is 5.75 Å². The molecule has 0 radical (unpaired) electrons. The van der Waals surface area contributed by atoms with E-state index in [2.05, 4.69) is 15.5 Å². The Morgan fingerprint density at radius 3 is 2.70 bits per heavy atom. The monoisotopic (exact) mass is 324 g/mol. The van der Waals surface area contributed by atoms with E-state index in [0.29, 0.717) is 11.6 Å². The third-order valence-corrected chi connectivity index (χ3v) is 4.89. The number of fused-ring (bicyclic) bond motifs is 1. The fourth-order valence-corrected chi connectivity index (χ4v) is 3.71. The van der Waals surface area contributed by atoms with Crippen LogP contribution in [0.1, 0.15) is 15.9 Å². The number of phenolic OH excluding ortho intramolecular Hbond substituents is 1. The van der Waals surface area contributed by atoms with Crippen molar-refractivity contribution in [2.45, 2.75) is 16.8 Å². The second-order valence-electron chi connectivity index (χ2n) is 5.22. The van der Waals surface area contributed by atoms with Crippen LogP contribution in [-0.4, -0.2) is 36.3 Å². The van der Waals surface area contributed by atoms with Gasteiger partial charge in [0, 0.05) is 5.56 Å². The molecule has 114 valence electrons. The fraction of sp³-hybridized carbons (Fsp3) is 0.125. The molecule has 0 fully saturated rings. The van der Waals surface area contributed by atoms with Gasteiger partial charge in [-0.2, -0.15) is 4.68 Å². The second-order valence-corrected chi connectivity index (χ2v) is 6.39. The minimum Gasteiger partial charge on any atom is -0.508 e. The number of carbonyl (C=O) groups is 1. The zero-order valence-corrected chi connectivity index (χ0v) is 12.8.